The molecule has 120 valence electrons. The van der Waals surface area contributed by atoms with Crippen molar-refractivity contribution in [1.82, 2.24) is 4.90 Å². The molecule has 1 saturated heterocycles. The van der Waals surface area contributed by atoms with Gasteiger partial charge in [-0.1, -0.05) is 30.3 Å². The second-order valence-electron chi connectivity index (χ2n) is 6.27. The number of esters is 1. The molecule has 0 N–H and O–H groups in total. The standard InChI is InChI=1S/C17H17NO5/c1-22-15(20)14-11-7-8-13(19)17(11,14)18-12(9-23-16(18)21)10-5-3-2-4-6-10/h2-6,11-12,14H,7-9H2,1H3/t11-,12+,14?,17-/m1/s1. The fourth-order valence-corrected chi connectivity index (χ4v) is 4.38. The maximum Gasteiger partial charge on any atom is 0.411 e. The van der Waals surface area contributed by atoms with E-state index in [-0.39, 0.29) is 24.3 Å². The van der Waals surface area contributed by atoms with Gasteiger partial charge in [0, 0.05) is 12.3 Å². The molecule has 4 atom stereocenters. The van der Waals surface area contributed by atoms with Crippen LogP contribution < -0.4 is 0 Å². The number of hydrogen-bond donors (Lipinski definition) is 0. The van der Waals surface area contributed by atoms with Crippen molar-refractivity contribution in [3.8, 4) is 0 Å². The van der Waals surface area contributed by atoms with Crippen LogP contribution in [0.15, 0.2) is 30.3 Å². The van der Waals surface area contributed by atoms with Crippen molar-refractivity contribution in [1.29, 1.82) is 0 Å². The van der Waals surface area contributed by atoms with E-state index in [1.807, 2.05) is 30.3 Å². The van der Waals surface area contributed by atoms with E-state index in [1.165, 1.54) is 12.0 Å². The summed E-state index contributed by atoms with van der Waals surface area (Å²) in [6.45, 7) is 0.193. The highest BCUT2D eigenvalue weighted by atomic mass is 16.6. The smallest absolute Gasteiger partial charge is 0.411 e. The molecular weight excluding hydrogens is 298 g/mol. The number of hydrogen-bond acceptors (Lipinski definition) is 5. The fourth-order valence-electron chi connectivity index (χ4n) is 4.38. The Morgan fingerprint density at radius 3 is 2.74 bits per heavy atom. The number of ether oxygens (including phenoxy) is 2. The number of methoxy groups -OCH3 is 1. The summed E-state index contributed by atoms with van der Waals surface area (Å²) in [5.41, 5.74) is -0.164. The molecular formula is C17H17NO5. The summed E-state index contributed by atoms with van der Waals surface area (Å²) in [6.07, 6.45) is 0.485. The normalized spacial score (nSPS) is 35.0. The lowest BCUT2D eigenvalue weighted by atomic mass is 10.00. The largest absolute Gasteiger partial charge is 0.469 e. The molecule has 0 spiro atoms. The van der Waals surface area contributed by atoms with E-state index >= 15 is 0 Å². The van der Waals surface area contributed by atoms with Gasteiger partial charge in [-0.05, 0) is 12.0 Å². The molecule has 2 aliphatic carbocycles. The summed E-state index contributed by atoms with van der Waals surface area (Å²) in [5.74, 6) is -1.20. The zero-order chi connectivity index (χ0) is 16.2. The van der Waals surface area contributed by atoms with E-state index in [1.54, 1.807) is 0 Å². The quantitative estimate of drug-likeness (QED) is 0.794. The van der Waals surface area contributed by atoms with E-state index < -0.39 is 23.5 Å². The third kappa shape index (κ3) is 1.72. The molecule has 1 amide bonds. The van der Waals surface area contributed by atoms with E-state index in [2.05, 4.69) is 0 Å². The monoisotopic (exact) mass is 315 g/mol. The lowest BCUT2D eigenvalue weighted by Crippen LogP contribution is -2.47. The Labute approximate surface area is 133 Å². The van der Waals surface area contributed by atoms with Crippen LogP contribution >= 0.6 is 0 Å². The van der Waals surface area contributed by atoms with Gasteiger partial charge in [0.05, 0.1) is 19.1 Å². The molecule has 3 aliphatic rings. The summed E-state index contributed by atoms with van der Waals surface area (Å²) >= 11 is 0. The van der Waals surface area contributed by atoms with Crippen molar-refractivity contribution in [3.05, 3.63) is 35.9 Å². The average Bonchev–Trinajstić information content (AvgIpc) is 2.89. The van der Waals surface area contributed by atoms with Crippen LogP contribution in [0.1, 0.15) is 24.4 Å². The zero-order valence-corrected chi connectivity index (χ0v) is 12.7. The van der Waals surface area contributed by atoms with Gasteiger partial charge in [-0.25, -0.2) is 4.79 Å². The van der Waals surface area contributed by atoms with Crippen molar-refractivity contribution in [3.63, 3.8) is 0 Å². The van der Waals surface area contributed by atoms with Gasteiger partial charge in [0.15, 0.2) is 5.78 Å². The minimum Gasteiger partial charge on any atom is -0.469 e. The first-order chi connectivity index (χ1) is 11.1. The maximum atomic E-state index is 12.6. The van der Waals surface area contributed by atoms with Gasteiger partial charge in [0.25, 0.3) is 0 Å². The van der Waals surface area contributed by atoms with Gasteiger partial charge in [-0.15, -0.1) is 0 Å². The summed E-state index contributed by atoms with van der Waals surface area (Å²) in [5, 5.41) is 0. The van der Waals surface area contributed by atoms with Crippen molar-refractivity contribution in [2.24, 2.45) is 11.8 Å². The average molecular weight is 315 g/mol. The molecule has 1 aromatic carbocycles. The topological polar surface area (TPSA) is 72.9 Å². The Bertz CT molecular complexity index is 687. The lowest BCUT2D eigenvalue weighted by molar-refractivity contribution is -0.145. The highest BCUT2D eigenvalue weighted by Gasteiger charge is 2.80. The number of carbonyl (C=O) groups excluding carboxylic acids is 3. The van der Waals surface area contributed by atoms with Crippen molar-refractivity contribution >= 4 is 17.8 Å². The lowest BCUT2D eigenvalue weighted by Gasteiger charge is -2.29. The Morgan fingerprint density at radius 1 is 1.30 bits per heavy atom. The van der Waals surface area contributed by atoms with E-state index in [0.29, 0.717) is 12.8 Å². The Morgan fingerprint density at radius 2 is 2.04 bits per heavy atom. The number of rotatable bonds is 3. The van der Waals surface area contributed by atoms with Crippen LogP contribution in [0.2, 0.25) is 0 Å². The first-order valence-electron chi connectivity index (χ1n) is 7.74. The van der Waals surface area contributed by atoms with Crippen molar-refractivity contribution < 1.29 is 23.9 Å². The Hall–Kier alpha value is -2.37. The Kier molecular flexibility index (Phi) is 2.98. The molecule has 23 heavy (non-hydrogen) atoms. The minimum atomic E-state index is -1.07. The van der Waals surface area contributed by atoms with Crippen LogP contribution in [0, 0.1) is 11.8 Å². The molecule has 1 heterocycles. The number of amides is 1. The van der Waals surface area contributed by atoms with Crippen LogP contribution in [0.3, 0.4) is 0 Å². The van der Waals surface area contributed by atoms with Crippen LogP contribution in [-0.4, -0.2) is 42.0 Å². The number of fused-ring (bicyclic) bond motifs is 1. The third-order valence-corrected chi connectivity index (χ3v) is 5.37. The first-order valence-corrected chi connectivity index (χ1v) is 7.74. The number of carbonyl (C=O) groups is 3. The van der Waals surface area contributed by atoms with Crippen molar-refractivity contribution in [2.75, 3.05) is 13.7 Å². The van der Waals surface area contributed by atoms with E-state index in [9.17, 15) is 14.4 Å². The molecule has 0 bridgehead atoms. The predicted octanol–water partition coefficient (Wildman–Crippen LogP) is 1.70. The second kappa shape index (κ2) is 4.81. The summed E-state index contributed by atoms with van der Waals surface area (Å²) in [7, 11) is 1.31. The molecule has 2 saturated carbocycles. The molecule has 1 aliphatic heterocycles. The van der Waals surface area contributed by atoms with Gasteiger partial charge < -0.3 is 9.47 Å². The third-order valence-electron chi connectivity index (χ3n) is 5.37. The van der Waals surface area contributed by atoms with Crippen LogP contribution in [0.4, 0.5) is 4.79 Å². The molecule has 4 rings (SSSR count). The molecule has 1 unspecified atom stereocenters. The van der Waals surface area contributed by atoms with Gasteiger partial charge in [0.2, 0.25) is 0 Å². The van der Waals surface area contributed by atoms with Crippen LogP contribution in [0.25, 0.3) is 0 Å². The highest BCUT2D eigenvalue weighted by Crippen LogP contribution is 2.65. The van der Waals surface area contributed by atoms with Crippen LogP contribution in [0.5, 0.6) is 0 Å². The molecule has 6 nitrogen and oxygen atoms in total. The number of cyclic esters (lactones) is 1. The van der Waals surface area contributed by atoms with Crippen LogP contribution in [-0.2, 0) is 19.1 Å². The number of ketones is 1. The number of benzene rings is 1. The van der Waals surface area contributed by atoms with Gasteiger partial charge in [-0.3, -0.25) is 14.5 Å². The van der Waals surface area contributed by atoms with Gasteiger partial charge in [-0.2, -0.15) is 0 Å². The summed E-state index contributed by atoms with van der Waals surface area (Å²) in [6, 6.07) is 9.12. The number of nitrogens with zero attached hydrogens (tertiary/aromatic N) is 1. The highest BCUT2D eigenvalue weighted by molar-refractivity contribution is 6.05. The number of Topliss-reactive ketones (excluding diaryl/α,β-unsaturated/α-hetero) is 1. The summed E-state index contributed by atoms with van der Waals surface area (Å²) in [4.78, 5) is 38.6. The fraction of sp³-hybridized carbons (Fsp3) is 0.471. The first kappa shape index (κ1) is 14.2. The minimum absolute atomic E-state index is 0.0577. The second-order valence-corrected chi connectivity index (χ2v) is 6.27. The Balaban J connectivity index is 1.76. The molecule has 0 radical (unpaired) electrons. The maximum absolute atomic E-state index is 12.6. The van der Waals surface area contributed by atoms with E-state index in [0.717, 1.165) is 5.56 Å². The SMILES string of the molecule is COC(=O)C1[C@H]2CCC(=O)[C@@]12N1C(=O)OC[C@H]1c1ccccc1. The molecule has 3 fully saturated rings. The zero-order valence-electron chi connectivity index (χ0n) is 12.7. The van der Waals surface area contributed by atoms with Gasteiger partial charge >= 0.3 is 12.1 Å². The molecule has 1 aromatic rings. The summed E-state index contributed by atoms with van der Waals surface area (Å²) < 4.78 is 10.1. The molecule has 6 heteroatoms. The van der Waals surface area contributed by atoms with Gasteiger partial charge in [0.1, 0.15) is 12.1 Å². The van der Waals surface area contributed by atoms with Crippen molar-refractivity contribution in [2.45, 2.75) is 24.4 Å². The van der Waals surface area contributed by atoms with E-state index in [4.69, 9.17) is 9.47 Å². The molecule has 0 aromatic heterocycles. The predicted molar refractivity (Wildman–Crippen MR) is 78.3 cm³/mol.